The smallest absolute Gasteiger partial charge is 0.0595 e. The van der Waals surface area contributed by atoms with Gasteiger partial charge in [0.2, 0.25) is 0 Å². The van der Waals surface area contributed by atoms with Crippen LogP contribution in [0.15, 0.2) is 36.4 Å². The lowest BCUT2D eigenvalue weighted by atomic mass is 9.88. The Bertz CT molecular complexity index is 608. The quantitative estimate of drug-likeness (QED) is 0.854. The summed E-state index contributed by atoms with van der Waals surface area (Å²) in [5, 5.41) is 1.19. The summed E-state index contributed by atoms with van der Waals surface area (Å²) in [6.45, 7) is 4.86. The third-order valence-corrected chi connectivity index (χ3v) is 4.35. The normalized spacial score (nSPS) is 12.4. The zero-order valence-electron chi connectivity index (χ0n) is 11.8. The zero-order chi connectivity index (χ0) is 14.7. The molecule has 2 aromatic rings. The summed E-state index contributed by atoms with van der Waals surface area (Å²) in [5.74, 6) is 0.299. The third kappa shape index (κ3) is 3.54. The van der Waals surface area contributed by atoms with E-state index in [4.69, 9.17) is 28.9 Å². The Hall–Kier alpha value is -1.02. The molecule has 0 amide bonds. The first-order chi connectivity index (χ1) is 9.51. The zero-order valence-corrected chi connectivity index (χ0v) is 13.3. The highest BCUT2D eigenvalue weighted by molar-refractivity contribution is 6.42. The van der Waals surface area contributed by atoms with Crippen LogP contribution in [0.2, 0.25) is 10.0 Å². The lowest BCUT2D eigenvalue weighted by Crippen LogP contribution is -2.16. The summed E-state index contributed by atoms with van der Waals surface area (Å²) in [6, 6.07) is 12.3. The van der Waals surface area contributed by atoms with Crippen molar-refractivity contribution in [1.82, 2.24) is 0 Å². The average Bonchev–Trinajstić information content (AvgIpc) is 2.41. The topological polar surface area (TPSA) is 26.0 Å². The van der Waals surface area contributed by atoms with Crippen molar-refractivity contribution in [3.8, 4) is 0 Å². The summed E-state index contributed by atoms with van der Waals surface area (Å²) >= 11 is 12.0. The molecule has 0 radical (unpaired) electrons. The fraction of sp³-hybridized carbons (Fsp3) is 0.294. The van der Waals surface area contributed by atoms with E-state index >= 15 is 0 Å². The van der Waals surface area contributed by atoms with E-state index in [1.54, 1.807) is 0 Å². The molecule has 2 N–H and O–H groups in total. The summed E-state index contributed by atoms with van der Waals surface area (Å²) < 4.78 is 0. The number of nitrogens with two attached hydrogens (primary N) is 1. The first kappa shape index (κ1) is 15.4. The van der Waals surface area contributed by atoms with Gasteiger partial charge in [-0.25, -0.2) is 0 Å². The van der Waals surface area contributed by atoms with Gasteiger partial charge >= 0.3 is 0 Å². The Labute approximate surface area is 130 Å². The number of aryl methyl sites for hydroxylation is 2. The van der Waals surface area contributed by atoms with E-state index in [1.807, 2.05) is 18.2 Å². The summed E-state index contributed by atoms with van der Waals surface area (Å²) in [5.41, 5.74) is 11.0. The Kier molecular flexibility index (Phi) is 5.09. The Morgan fingerprint density at radius 3 is 2.35 bits per heavy atom. The van der Waals surface area contributed by atoms with E-state index in [0.717, 1.165) is 12.0 Å². The Morgan fingerprint density at radius 1 is 1.00 bits per heavy atom. The molecule has 0 aliphatic carbocycles. The van der Waals surface area contributed by atoms with Crippen molar-refractivity contribution >= 4 is 23.2 Å². The number of hydrogen-bond acceptors (Lipinski definition) is 1. The summed E-state index contributed by atoms with van der Waals surface area (Å²) in [6.07, 6.45) is 0.872. The molecule has 1 atom stereocenters. The molecule has 0 fully saturated rings. The second-order valence-corrected chi connectivity index (χ2v) is 6.06. The highest BCUT2D eigenvalue weighted by atomic mass is 35.5. The van der Waals surface area contributed by atoms with Crippen LogP contribution >= 0.6 is 23.2 Å². The molecule has 3 heteroatoms. The fourth-order valence-electron chi connectivity index (χ4n) is 2.56. The monoisotopic (exact) mass is 307 g/mol. The highest BCUT2D eigenvalue weighted by Gasteiger charge is 2.13. The van der Waals surface area contributed by atoms with Gasteiger partial charge in [0.1, 0.15) is 0 Å². The van der Waals surface area contributed by atoms with E-state index in [-0.39, 0.29) is 0 Å². The van der Waals surface area contributed by atoms with Crippen molar-refractivity contribution in [2.24, 2.45) is 5.73 Å². The van der Waals surface area contributed by atoms with E-state index < -0.39 is 0 Å². The molecule has 0 aliphatic rings. The number of halogens is 2. The maximum atomic E-state index is 6.08. The molecule has 1 nitrogen and oxygen atoms in total. The van der Waals surface area contributed by atoms with Gasteiger partial charge in [-0.1, -0.05) is 53.0 Å². The molecule has 0 bridgehead atoms. The maximum Gasteiger partial charge on any atom is 0.0595 e. The van der Waals surface area contributed by atoms with Crippen LogP contribution in [-0.4, -0.2) is 6.54 Å². The van der Waals surface area contributed by atoms with Crippen LogP contribution < -0.4 is 5.73 Å². The lowest BCUT2D eigenvalue weighted by molar-refractivity contribution is 0.690. The van der Waals surface area contributed by atoms with Crippen LogP contribution in [0.5, 0.6) is 0 Å². The maximum absolute atomic E-state index is 6.08. The highest BCUT2D eigenvalue weighted by Crippen LogP contribution is 2.28. The average molecular weight is 308 g/mol. The Balaban J connectivity index is 2.26. The van der Waals surface area contributed by atoms with Gasteiger partial charge in [-0.05, 0) is 55.6 Å². The Morgan fingerprint density at radius 2 is 1.75 bits per heavy atom. The van der Waals surface area contributed by atoms with Gasteiger partial charge in [-0.2, -0.15) is 0 Å². The molecule has 2 aromatic carbocycles. The molecule has 0 saturated heterocycles. The van der Waals surface area contributed by atoms with E-state index in [2.05, 4.69) is 32.0 Å². The van der Waals surface area contributed by atoms with Gasteiger partial charge in [0.25, 0.3) is 0 Å². The van der Waals surface area contributed by atoms with Crippen molar-refractivity contribution in [2.45, 2.75) is 26.2 Å². The van der Waals surface area contributed by atoms with Gasteiger partial charge < -0.3 is 5.73 Å². The van der Waals surface area contributed by atoms with Crippen LogP contribution in [-0.2, 0) is 6.42 Å². The minimum Gasteiger partial charge on any atom is -0.330 e. The molecule has 0 aliphatic heterocycles. The van der Waals surface area contributed by atoms with Crippen LogP contribution in [0, 0.1) is 13.8 Å². The van der Waals surface area contributed by atoms with Crippen molar-refractivity contribution in [3.63, 3.8) is 0 Å². The van der Waals surface area contributed by atoms with Crippen molar-refractivity contribution in [1.29, 1.82) is 0 Å². The van der Waals surface area contributed by atoms with Gasteiger partial charge in [-0.3, -0.25) is 0 Å². The summed E-state index contributed by atoms with van der Waals surface area (Å²) in [4.78, 5) is 0. The van der Waals surface area contributed by atoms with Gasteiger partial charge in [0.05, 0.1) is 10.0 Å². The number of rotatable bonds is 4. The van der Waals surface area contributed by atoms with E-state index in [1.165, 1.54) is 16.7 Å². The largest absolute Gasteiger partial charge is 0.330 e. The SMILES string of the molecule is Cc1ccc(C(CN)Cc2ccc(Cl)c(Cl)c2)c(C)c1. The van der Waals surface area contributed by atoms with E-state index in [0.29, 0.717) is 22.5 Å². The molecule has 0 aromatic heterocycles. The van der Waals surface area contributed by atoms with Crippen LogP contribution in [0.4, 0.5) is 0 Å². The third-order valence-electron chi connectivity index (χ3n) is 3.62. The molecular formula is C17H19Cl2N. The molecule has 1 unspecified atom stereocenters. The second kappa shape index (κ2) is 6.62. The van der Waals surface area contributed by atoms with Gasteiger partial charge in [-0.15, -0.1) is 0 Å². The van der Waals surface area contributed by atoms with Crippen molar-refractivity contribution in [2.75, 3.05) is 6.54 Å². The first-order valence-corrected chi connectivity index (χ1v) is 7.48. The second-order valence-electron chi connectivity index (χ2n) is 5.25. The molecule has 0 spiro atoms. The minimum absolute atomic E-state index is 0.299. The molecule has 0 heterocycles. The first-order valence-electron chi connectivity index (χ1n) is 6.72. The van der Waals surface area contributed by atoms with Crippen molar-refractivity contribution in [3.05, 3.63) is 68.7 Å². The lowest BCUT2D eigenvalue weighted by Gasteiger charge is -2.18. The molecule has 20 heavy (non-hydrogen) atoms. The van der Waals surface area contributed by atoms with Crippen LogP contribution in [0.25, 0.3) is 0 Å². The molecule has 0 saturated carbocycles. The minimum atomic E-state index is 0.299. The molecule has 2 rings (SSSR count). The van der Waals surface area contributed by atoms with E-state index in [9.17, 15) is 0 Å². The fourth-order valence-corrected chi connectivity index (χ4v) is 2.88. The standard InChI is InChI=1S/C17H19Cl2N/c1-11-3-5-15(12(2)7-11)14(10-20)8-13-4-6-16(18)17(19)9-13/h3-7,9,14H,8,10,20H2,1-2H3. The molecular weight excluding hydrogens is 289 g/mol. The number of hydrogen-bond donors (Lipinski definition) is 1. The van der Waals surface area contributed by atoms with Crippen molar-refractivity contribution < 1.29 is 0 Å². The van der Waals surface area contributed by atoms with Crippen LogP contribution in [0.1, 0.15) is 28.2 Å². The predicted octanol–water partition coefficient (Wildman–Crippen LogP) is 4.90. The van der Waals surface area contributed by atoms with Gasteiger partial charge in [0, 0.05) is 5.92 Å². The number of benzene rings is 2. The summed E-state index contributed by atoms with van der Waals surface area (Å²) in [7, 11) is 0. The predicted molar refractivity (Wildman–Crippen MR) is 87.9 cm³/mol. The molecule has 106 valence electrons. The van der Waals surface area contributed by atoms with Crippen LogP contribution in [0.3, 0.4) is 0 Å². The van der Waals surface area contributed by atoms with Gasteiger partial charge in [0.15, 0.2) is 0 Å².